The van der Waals surface area contributed by atoms with Crippen molar-refractivity contribution in [1.29, 1.82) is 0 Å². The Balaban J connectivity index is 2.63. The van der Waals surface area contributed by atoms with Gasteiger partial charge in [-0.3, -0.25) is 0 Å². The van der Waals surface area contributed by atoms with E-state index in [0.717, 1.165) is 17.9 Å². The van der Waals surface area contributed by atoms with E-state index in [1.807, 2.05) is 13.8 Å². The van der Waals surface area contributed by atoms with E-state index in [1.165, 1.54) is 11.8 Å². The molecule has 0 aliphatic carbocycles. The van der Waals surface area contributed by atoms with Gasteiger partial charge in [0.25, 0.3) is 5.22 Å². The van der Waals surface area contributed by atoms with Crippen molar-refractivity contribution < 1.29 is 9.52 Å². The van der Waals surface area contributed by atoms with Gasteiger partial charge in [-0.2, -0.15) is 0 Å². The minimum absolute atomic E-state index is 0.0407. The molecule has 3 N–H and O–H groups in total. The van der Waals surface area contributed by atoms with Crippen molar-refractivity contribution in [2.45, 2.75) is 50.6 Å². The van der Waals surface area contributed by atoms with Crippen molar-refractivity contribution in [2.24, 2.45) is 11.7 Å². The van der Waals surface area contributed by atoms with Crippen molar-refractivity contribution in [3.8, 4) is 0 Å². The molecule has 1 aromatic rings. The Morgan fingerprint density at radius 3 is 2.47 bits per heavy atom. The maximum atomic E-state index is 9.38. The number of aromatic nitrogens is 1. The highest BCUT2D eigenvalue weighted by atomic mass is 32.2. The molecule has 0 bridgehead atoms. The first kappa shape index (κ1) is 14.5. The number of aliphatic hydroxyl groups is 1. The van der Waals surface area contributed by atoms with Gasteiger partial charge in [-0.15, -0.1) is 0 Å². The molecule has 2 atom stereocenters. The summed E-state index contributed by atoms with van der Waals surface area (Å²) in [6.45, 7) is 8.08. The number of hydrogen-bond donors (Lipinski definition) is 2. The van der Waals surface area contributed by atoms with Gasteiger partial charge in [0.05, 0.1) is 17.6 Å². The molecule has 0 aromatic carbocycles. The number of aliphatic hydroxyl groups excluding tert-OH is 1. The zero-order chi connectivity index (χ0) is 13.0. The lowest BCUT2D eigenvalue weighted by Crippen LogP contribution is -2.36. The predicted octanol–water partition coefficient (Wildman–Crippen LogP) is 2.12. The number of nitrogens with zero attached hydrogens (tertiary/aromatic N) is 1. The van der Waals surface area contributed by atoms with Gasteiger partial charge in [-0.25, -0.2) is 4.98 Å². The van der Waals surface area contributed by atoms with Crippen molar-refractivity contribution in [1.82, 2.24) is 4.98 Å². The summed E-state index contributed by atoms with van der Waals surface area (Å²) in [5.41, 5.74) is 6.96. The largest absolute Gasteiger partial charge is 0.437 e. The highest BCUT2D eigenvalue weighted by molar-refractivity contribution is 7.99. The van der Waals surface area contributed by atoms with Gasteiger partial charge >= 0.3 is 0 Å². The Morgan fingerprint density at radius 2 is 2.06 bits per heavy atom. The average Bonchev–Trinajstić information content (AvgIpc) is 2.53. The number of rotatable bonds is 6. The van der Waals surface area contributed by atoms with Crippen LogP contribution in [0, 0.1) is 19.8 Å². The Morgan fingerprint density at radius 1 is 1.41 bits per heavy atom. The third kappa shape index (κ3) is 4.33. The number of nitrogens with two attached hydrogens (primary N) is 1. The number of hydrogen-bond acceptors (Lipinski definition) is 5. The van der Waals surface area contributed by atoms with Crippen LogP contribution in [0.15, 0.2) is 9.64 Å². The molecule has 0 spiro atoms. The van der Waals surface area contributed by atoms with Crippen molar-refractivity contribution in [3.05, 3.63) is 11.5 Å². The molecule has 17 heavy (non-hydrogen) atoms. The van der Waals surface area contributed by atoms with Gasteiger partial charge in [0.15, 0.2) is 0 Å². The predicted molar refractivity (Wildman–Crippen MR) is 70.1 cm³/mol. The van der Waals surface area contributed by atoms with Crippen molar-refractivity contribution in [2.75, 3.05) is 6.61 Å². The van der Waals surface area contributed by atoms with E-state index in [0.29, 0.717) is 11.1 Å². The monoisotopic (exact) mass is 258 g/mol. The van der Waals surface area contributed by atoms with Crippen LogP contribution in [0.4, 0.5) is 0 Å². The molecule has 0 radical (unpaired) electrons. The summed E-state index contributed by atoms with van der Waals surface area (Å²) in [5, 5.41) is 9.91. The third-order valence-corrected chi connectivity index (χ3v) is 3.84. The summed E-state index contributed by atoms with van der Waals surface area (Å²) in [6.07, 6.45) is 0.886. The fourth-order valence-electron chi connectivity index (χ4n) is 1.58. The minimum Gasteiger partial charge on any atom is -0.437 e. The molecule has 1 rings (SSSR count). The topological polar surface area (TPSA) is 72.3 Å². The number of aryl methyl sites for hydroxylation is 2. The minimum atomic E-state index is -0.0603. The lowest BCUT2D eigenvalue weighted by molar-refractivity contribution is 0.273. The molecule has 0 aliphatic heterocycles. The first-order chi connectivity index (χ1) is 7.93. The molecular weight excluding hydrogens is 236 g/mol. The van der Waals surface area contributed by atoms with Crippen LogP contribution in [0.5, 0.6) is 0 Å². The number of oxazole rings is 1. The summed E-state index contributed by atoms with van der Waals surface area (Å²) < 4.78 is 5.49. The van der Waals surface area contributed by atoms with E-state index in [-0.39, 0.29) is 17.9 Å². The molecule has 0 fully saturated rings. The molecule has 1 heterocycles. The van der Waals surface area contributed by atoms with Gasteiger partial charge in [0, 0.05) is 6.04 Å². The number of thioether (sulfide) groups is 1. The Kier molecular flexibility index (Phi) is 5.49. The fourth-order valence-corrected chi connectivity index (χ4v) is 2.56. The Labute approximate surface area is 107 Å². The SMILES string of the molecule is Cc1nc(SC(CO)C(N)CC(C)C)oc1C. The molecule has 0 amide bonds. The second-order valence-corrected chi connectivity index (χ2v) is 5.94. The molecule has 2 unspecified atom stereocenters. The van der Waals surface area contributed by atoms with Crippen molar-refractivity contribution in [3.63, 3.8) is 0 Å². The van der Waals surface area contributed by atoms with Crippen LogP contribution in [0.2, 0.25) is 0 Å². The molecule has 98 valence electrons. The fraction of sp³-hybridized carbons (Fsp3) is 0.750. The highest BCUT2D eigenvalue weighted by Crippen LogP contribution is 2.27. The standard InChI is InChI=1S/C12H22N2O2S/c1-7(2)5-10(13)11(6-15)17-12-14-8(3)9(4)16-12/h7,10-11,15H,5-6,13H2,1-4H3. The summed E-state index contributed by atoms with van der Waals surface area (Å²) in [4.78, 5) is 4.29. The maximum absolute atomic E-state index is 9.38. The third-order valence-electron chi connectivity index (χ3n) is 2.66. The summed E-state index contributed by atoms with van der Waals surface area (Å²) in [6, 6.07) is -0.0440. The van der Waals surface area contributed by atoms with Gasteiger partial charge in [0.1, 0.15) is 5.76 Å². The smallest absolute Gasteiger partial charge is 0.256 e. The summed E-state index contributed by atoms with van der Waals surface area (Å²) in [7, 11) is 0. The molecule has 5 heteroatoms. The summed E-state index contributed by atoms with van der Waals surface area (Å²) >= 11 is 1.42. The summed E-state index contributed by atoms with van der Waals surface area (Å²) in [5.74, 6) is 1.34. The van der Waals surface area contributed by atoms with Gasteiger partial charge in [-0.1, -0.05) is 25.6 Å². The van der Waals surface area contributed by atoms with E-state index in [2.05, 4.69) is 18.8 Å². The molecule has 4 nitrogen and oxygen atoms in total. The van der Waals surface area contributed by atoms with E-state index in [4.69, 9.17) is 10.2 Å². The maximum Gasteiger partial charge on any atom is 0.256 e. The Bertz CT molecular complexity index is 333. The average molecular weight is 258 g/mol. The van der Waals surface area contributed by atoms with Crippen LogP contribution >= 0.6 is 11.8 Å². The normalized spacial score (nSPS) is 15.2. The molecule has 1 aromatic heterocycles. The van der Waals surface area contributed by atoms with E-state index >= 15 is 0 Å². The quantitative estimate of drug-likeness (QED) is 0.765. The van der Waals surface area contributed by atoms with E-state index < -0.39 is 0 Å². The first-order valence-electron chi connectivity index (χ1n) is 5.91. The highest BCUT2D eigenvalue weighted by Gasteiger charge is 2.22. The zero-order valence-electron chi connectivity index (χ0n) is 10.9. The van der Waals surface area contributed by atoms with E-state index in [1.54, 1.807) is 0 Å². The molecule has 0 saturated heterocycles. The Hall–Kier alpha value is -0.520. The molecular formula is C12H22N2O2S. The van der Waals surface area contributed by atoms with Crippen LogP contribution in [0.25, 0.3) is 0 Å². The van der Waals surface area contributed by atoms with Gasteiger partial charge in [0.2, 0.25) is 0 Å². The molecule has 0 saturated carbocycles. The lowest BCUT2D eigenvalue weighted by Gasteiger charge is -2.21. The van der Waals surface area contributed by atoms with Crippen molar-refractivity contribution >= 4 is 11.8 Å². The van der Waals surface area contributed by atoms with Crippen LogP contribution in [-0.2, 0) is 0 Å². The zero-order valence-corrected chi connectivity index (χ0v) is 11.8. The van der Waals surface area contributed by atoms with Crippen LogP contribution in [0.3, 0.4) is 0 Å². The second-order valence-electron chi connectivity index (χ2n) is 4.75. The van der Waals surface area contributed by atoms with E-state index in [9.17, 15) is 5.11 Å². The van der Waals surface area contributed by atoms with Crippen LogP contribution in [-0.4, -0.2) is 28.0 Å². The lowest BCUT2D eigenvalue weighted by atomic mass is 10.0. The van der Waals surface area contributed by atoms with Crippen LogP contribution < -0.4 is 5.73 Å². The van der Waals surface area contributed by atoms with Gasteiger partial charge < -0.3 is 15.3 Å². The molecule has 0 aliphatic rings. The van der Waals surface area contributed by atoms with Crippen LogP contribution in [0.1, 0.15) is 31.7 Å². The first-order valence-corrected chi connectivity index (χ1v) is 6.79. The second kappa shape index (κ2) is 6.42. The van der Waals surface area contributed by atoms with Gasteiger partial charge in [-0.05, 0) is 26.2 Å².